The van der Waals surface area contributed by atoms with Crippen molar-refractivity contribution in [1.29, 1.82) is 0 Å². The molecule has 0 bridgehead atoms. The molecule has 0 aromatic rings. The van der Waals surface area contributed by atoms with Crippen molar-refractivity contribution >= 4 is 19.8 Å². The van der Waals surface area contributed by atoms with Gasteiger partial charge in [0.15, 0.2) is 6.10 Å². The Kier molecular flexibility index (Phi) is 43.6. The van der Waals surface area contributed by atoms with Crippen LogP contribution in [-0.4, -0.2) is 49.3 Å². The Bertz CT molecular complexity index is 1250. The molecule has 0 saturated heterocycles. The fraction of sp³-hybridized carbons (Fsp3) is 0.680. The highest BCUT2D eigenvalue weighted by atomic mass is 31.2. The summed E-state index contributed by atoms with van der Waals surface area (Å²) in [6, 6.07) is 0. The van der Waals surface area contributed by atoms with Crippen molar-refractivity contribution in [2.45, 2.75) is 193 Å². The first-order valence-electron chi connectivity index (χ1n) is 23.6. The van der Waals surface area contributed by atoms with Gasteiger partial charge in [-0.1, -0.05) is 189 Å². The number of carbonyl (C=O) groups excluding carboxylic acids is 2. The molecule has 3 N–H and O–H groups in total. The Hall–Kier alpha value is -2.81. The molecular formula is C50H86NO8P. The minimum Gasteiger partial charge on any atom is -0.462 e. The lowest BCUT2D eigenvalue weighted by molar-refractivity contribution is -0.161. The molecule has 0 aromatic carbocycles. The molecule has 0 amide bonds. The summed E-state index contributed by atoms with van der Waals surface area (Å²) in [6.45, 7) is 3.56. The van der Waals surface area contributed by atoms with E-state index < -0.39 is 32.5 Å². The summed E-state index contributed by atoms with van der Waals surface area (Å²) in [7, 11) is -4.38. The number of carbonyl (C=O) groups is 2. The summed E-state index contributed by atoms with van der Waals surface area (Å²) in [5.74, 6) is -0.845. The van der Waals surface area contributed by atoms with Gasteiger partial charge in [-0.25, -0.2) is 4.57 Å². The number of ether oxygens (including phenoxy) is 2. The van der Waals surface area contributed by atoms with Gasteiger partial charge in [-0.05, 0) is 70.6 Å². The van der Waals surface area contributed by atoms with E-state index in [9.17, 15) is 19.0 Å². The number of phosphoric ester groups is 1. The Morgan fingerprint density at radius 1 is 0.517 bits per heavy atom. The van der Waals surface area contributed by atoms with Crippen molar-refractivity contribution in [3.05, 3.63) is 85.1 Å². The van der Waals surface area contributed by atoms with Gasteiger partial charge in [0, 0.05) is 19.4 Å². The van der Waals surface area contributed by atoms with E-state index in [-0.39, 0.29) is 32.6 Å². The lowest BCUT2D eigenvalue weighted by atomic mass is 10.1. The summed E-state index contributed by atoms with van der Waals surface area (Å²) in [4.78, 5) is 34.8. The van der Waals surface area contributed by atoms with Crippen molar-refractivity contribution in [1.82, 2.24) is 0 Å². The Morgan fingerprint density at radius 2 is 0.917 bits per heavy atom. The van der Waals surface area contributed by atoms with Gasteiger partial charge in [-0.2, -0.15) is 0 Å². The van der Waals surface area contributed by atoms with Crippen molar-refractivity contribution in [3.8, 4) is 0 Å². The van der Waals surface area contributed by atoms with Gasteiger partial charge in [0.1, 0.15) is 6.61 Å². The highest BCUT2D eigenvalue weighted by Crippen LogP contribution is 2.43. The van der Waals surface area contributed by atoms with Crippen LogP contribution in [0.25, 0.3) is 0 Å². The minimum atomic E-state index is -4.38. The SMILES string of the molecule is CC/C=C\C/C=C\C/C=C\C/C=C\C/C=C\C/C=C\C/C=C\CCCCCCCCCCCC(=O)OC(COC(=O)CCCCCCCCCC)COP(=O)(O)OCCN. The summed E-state index contributed by atoms with van der Waals surface area (Å²) < 4.78 is 32.7. The second-order valence-corrected chi connectivity index (χ2v) is 16.7. The van der Waals surface area contributed by atoms with Crippen molar-refractivity contribution in [3.63, 3.8) is 0 Å². The fourth-order valence-electron chi connectivity index (χ4n) is 6.08. The van der Waals surface area contributed by atoms with E-state index >= 15 is 0 Å². The van der Waals surface area contributed by atoms with Gasteiger partial charge in [0.25, 0.3) is 0 Å². The zero-order valence-electron chi connectivity index (χ0n) is 37.9. The minimum absolute atomic E-state index is 0.0494. The van der Waals surface area contributed by atoms with Crippen LogP contribution in [0.5, 0.6) is 0 Å². The lowest BCUT2D eigenvalue weighted by Crippen LogP contribution is -2.29. The number of unbranched alkanes of at least 4 members (excludes halogenated alkanes) is 16. The third-order valence-electron chi connectivity index (χ3n) is 9.55. The first-order chi connectivity index (χ1) is 29.3. The molecule has 10 heteroatoms. The van der Waals surface area contributed by atoms with Crippen LogP contribution in [0.2, 0.25) is 0 Å². The summed E-state index contributed by atoms with van der Waals surface area (Å²) in [6.07, 6.45) is 57.8. The van der Waals surface area contributed by atoms with Crippen molar-refractivity contribution < 1.29 is 37.6 Å². The van der Waals surface area contributed by atoms with Crippen molar-refractivity contribution in [2.75, 3.05) is 26.4 Å². The number of phosphoric acid groups is 1. The summed E-state index contributed by atoms with van der Waals surface area (Å²) >= 11 is 0. The summed E-state index contributed by atoms with van der Waals surface area (Å²) in [5, 5.41) is 0. The predicted molar refractivity (Wildman–Crippen MR) is 252 cm³/mol. The van der Waals surface area contributed by atoms with E-state index in [0.29, 0.717) is 6.42 Å². The zero-order valence-corrected chi connectivity index (χ0v) is 38.8. The maximum absolute atomic E-state index is 12.6. The van der Waals surface area contributed by atoms with Gasteiger partial charge in [-0.15, -0.1) is 0 Å². The van der Waals surface area contributed by atoms with Crippen LogP contribution >= 0.6 is 7.82 Å². The van der Waals surface area contributed by atoms with Crippen LogP contribution in [0.4, 0.5) is 0 Å². The molecule has 2 unspecified atom stereocenters. The normalized spacial score (nSPS) is 14.0. The first kappa shape index (κ1) is 57.2. The zero-order chi connectivity index (χ0) is 43.9. The van der Waals surface area contributed by atoms with Crippen LogP contribution < -0.4 is 5.73 Å². The maximum atomic E-state index is 12.6. The largest absolute Gasteiger partial charge is 0.472 e. The second kappa shape index (κ2) is 45.7. The molecule has 0 heterocycles. The highest BCUT2D eigenvalue weighted by molar-refractivity contribution is 7.47. The average Bonchev–Trinajstić information content (AvgIpc) is 3.24. The van der Waals surface area contributed by atoms with Crippen LogP contribution in [0, 0.1) is 0 Å². The number of hydrogen-bond acceptors (Lipinski definition) is 8. The van der Waals surface area contributed by atoms with Gasteiger partial charge in [0.05, 0.1) is 13.2 Å². The van der Waals surface area contributed by atoms with Gasteiger partial charge in [-0.3, -0.25) is 18.6 Å². The van der Waals surface area contributed by atoms with E-state index in [1.54, 1.807) is 0 Å². The van der Waals surface area contributed by atoms with E-state index in [1.165, 1.54) is 64.2 Å². The topological polar surface area (TPSA) is 134 Å². The Labute approximate surface area is 366 Å². The summed E-state index contributed by atoms with van der Waals surface area (Å²) in [5.41, 5.74) is 5.34. The highest BCUT2D eigenvalue weighted by Gasteiger charge is 2.26. The van der Waals surface area contributed by atoms with Gasteiger partial charge in [0.2, 0.25) is 0 Å². The molecule has 0 rings (SSSR count). The third kappa shape index (κ3) is 44.7. The van der Waals surface area contributed by atoms with E-state index in [0.717, 1.165) is 89.9 Å². The van der Waals surface area contributed by atoms with Crippen molar-refractivity contribution in [2.24, 2.45) is 5.73 Å². The van der Waals surface area contributed by atoms with E-state index in [1.807, 2.05) is 0 Å². The quantitative estimate of drug-likeness (QED) is 0.0266. The molecule has 0 radical (unpaired) electrons. The monoisotopic (exact) mass is 860 g/mol. The van der Waals surface area contributed by atoms with Gasteiger partial charge >= 0.3 is 19.8 Å². The first-order valence-corrected chi connectivity index (χ1v) is 25.1. The molecular weight excluding hydrogens is 774 g/mol. The molecule has 0 aliphatic heterocycles. The Morgan fingerprint density at radius 3 is 1.37 bits per heavy atom. The Balaban J connectivity index is 3.98. The number of allylic oxidation sites excluding steroid dienone is 14. The number of nitrogens with two attached hydrogens (primary N) is 1. The average molecular weight is 860 g/mol. The molecule has 0 aromatic heterocycles. The number of hydrogen-bond donors (Lipinski definition) is 2. The maximum Gasteiger partial charge on any atom is 0.472 e. The second-order valence-electron chi connectivity index (χ2n) is 15.2. The smallest absolute Gasteiger partial charge is 0.462 e. The molecule has 60 heavy (non-hydrogen) atoms. The van der Waals surface area contributed by atoms with E-state index in [2.05, 4.69) is 98.9 Å². The van der Waals surface area contributed by atoms with Crippen LogP contribution in [0.15, 0.2) is 85.1 Å². The molecule has 0 aliphatic carbocycles. The van der Waals surface area contributed by atoms with Crippen LogP contribution in [0.3, 0.4) is 0 Å². The van der Waals surface area contributed by atoms with Crippen LogP contribution in [-0.2, 0) is 32.7 Å². The number of esters is 2. The van der Waals surface area contributed by atoms with Crippen LogP contribution in [0.1, 0.15) is 187 Å². The predicted octanol–water partition coefficient (Wildman–Crippen LogP) is 14.0. The fourth-order valence-corrected chi connectivity index (χ4v) is 6.85. The molecule has 9 nitrogen and oxygen atoms in total. The molecule has 0 saturated carbocycles. The standard InChI is InChI=1S/C50H86NO8P/c1-3-5-7-9-11-13-14-15-16-17-18-19-20-21-22-23-24-25-26-27-28-29-30-31-32-33-34-35-37-39-41-43-50(53)59-48(47-58-60(54,55)57-45-44-51)46-56-49(52)42-40-38-36-12-10-8-6-4-2/h5,7,11,13,15-16,18-19,21-22,24-25,27-28,48H,3-4,6,8-10,12,14,17,20,23,26,29-47,51H2,1-2H3,(H,54,55)/b7-5-,13-11-,16-15-,19-18-,22-21-,25-24-,28-27-. The molecule has 0 fully saturated rings. The molecule has 0 spiro atoms. The number of rotatable bonds is 43. The third-order valence-corrected chi connectivity index (χ3v) is 10.5. The molecule has 2 atom stereocenters. The van der Waals surface area contributed by atoms with Gasteiger partial charge < -0.3 is 20.1 Å². The molecule has 0 aliphatic rings. The van der Waals surface area contributed by atoms with E-state index in [4.69, 9.17) is 24.3 Å². The molecule has 344 valence electrons. The lowest BCUT2D eigenvalue weighted by Gasteiger charge is -2.19.